The van der Waals surface area contributed by atoms with E-state index in [1.54, 1.807) is 12.1 Å². The second kappa shape index (κ2) is 5.43. The molecule has 0 aliphatic rings. The highest BCUT2D eigenvalue weighted by Crippen LogP contribution is 2.26. The first-order chi connectivity index (χ1) is 8.60. The van der Waals surface area contributed by atoms with Gasteiger partial charge in [0.05, 0.1) is 17.6 Å². The smallest absolute Gasteiger partial charge is 0.261 e. The number of hydrogen-bond donors (Lipinski definition) is 3. The lowest BCUT2D eigenvalue weighted by Crippen LogP contribution is -2.33. The number of amides is 1. The van der Waals surface area contributed by atoms with Gasteiger partial charge in [0.2, 0.25) is 0 Å². The molecule has 18 heavy (non-hydrogen) atoms. The van der Waals surface area contributed by atoms with E-state index in [0.717, 1.165) is 5.39 Å². The monoisotopic (exact) mass is 269 g/mol. The number of carbonyl (C=O) groups is 1. The van der Waals surface area contributed by atoms with E-state index in [9.17, 15) is 9.18 Å². The lowest BCUT2D eigenvalue weighted by Gasteiger charge is -2.07. The van der Waals surface area contributed by atoms with Gasteiger partial charge in [-0.3, -0.25) is 4.79 Å². The molecule has 1 aromatic carbocycles. The molecule has 3 N–H and O–H groups in total. The van der Waals surface area contributed by atoms with Gasteiger partial charge in [-0.05, 0) is 23.6 Å². The van der Waals surface area contributed by atoms with Gasteiger partial charge < -0.3 is 15.5 Å². The van der Waals surface area contributed by atoms with Crippen LogP contribution in [0.3, 0.4) is 0 Å². The average Bonchev–Trinajstić information content (AvgIpc) is 2.78. The number of carbonyl (C=O) groups excluding carboxylic acids is 1. The highest BCUT2D eigenvalue weighted by atomic mass is 32.1. The Morgan fingerprint density at radius 1 is 1.44 bits per heavy atom. The Bertz CT molecular complexity index is 569. The number of halogens is 1. The van der Waals surface area contributed by atoms with Gasteiger partial charge in [0.15, 0.2) is 0 Å². The van der Waals surface area contributed by atoms with Gasteiger partial charge in [-0.15, -0.1) is 11.3 Å². The zero-order valence-electron chi connectivity index (χ0n) is 9.39. The molecule has 0 radical (unpaired) electrons. The molecule has 2 rings (SSSR count). The van der Waals surface area contributed by atoms with E-state index in [1.165, 1.54) is 23.5 Å². The van der Waals surface area contributed by atoms with E-state index in [0.29, 0.717) is 9.58 Å². The third kappa shape index (κ3) is 2.84. The number of thiophene rings is 1. The predicted octanol–water partition coefficient (Wildman–Crippen LogP) is 1.12. The lowest BCUT2D eigenvalue weighted by atomic mass is 10.2. The molecule has 4 nitrogen and oxygen atoms in total. The highest BCUT2D eigenvalue weighted by Gasteiger charge is 2.12. The summed E-state index contributed by atoms with van der Waals surface area (Å²) < 4.78 is 13.7. The zero-order valence-corrected chi connectivity index (χ0v) is 10.2. The SMILES string of the molecule is O=C(NCC(O)CO)c1cc2ccc(F)cc2s1. The maximum Gasteiger partial charge on any atom is 0.261 e. The fourth-order valence-corrected chi connectivity index (χ4v) is 2.48. The van der Waals surface area contributed by atoms with Gasteiger partial charge >= 0.3 is 0 Å². The molecule has 0 bridgehead atoms. The molecule has 1 amide bonds. The second-order valence-electron chi connectivity index (χ2n) is 3.84. The second-order valence-corrected chi connectivity index (χ2v) is 4.92. The summed E-state index contributed by atoms with van der Waals surface area (Å²) in [6, 6.07) is 5.99. The normalized spacial score (nSPS) is 12.6. The molecule has 0 aliphatic carbocycles. The van der Waals surface area contributed by atoms with Crippen molar-refractivity contribution in [1.29, 1.82) is 0 Å². The third-order valence-corrected chi connectivity index (χ3v) is 3.51. The Labute approximate surface area is 107 Å². The summed E-state index contributed by atoms with van der Waals surface area (Å²) in [6.07, 6.45) is -0.972. The van der Waals surface area contributed by atoms with Gasteiger partial charge in [-0.25, -0.2) is 4.39 Å². The summed E-state index contributed by atoms with van der Waals surface area (Å²) in [5.41, 5.74) is 0. The van der Waals surface area contributed by atoms with Crippen LogP contribution >= 0.6 is 11.3 Å². The number of fused-ring (bicyclic) bond motifs is 1. The molecule has 0 saturated heterocycles. The first-order valence-electron chi connectivity index (χ1n) is 5.36. The van der Waals surface area contributed by atoms with E-state index in [2.05, 4.69) is 5.32 Å². The van der Waals surface area contributed by atoms with Crippen LogP contribution in [-0.2, 0) is 0 Å². The van der Waals surface area contributed by atoms with Crippen molar-refractivity contribution < 1.29 is 19.4 Å². The summed E-state index contributed by atoms with van der Waals surface area (Å²) in [6.45, 7) is -0.421. The molecule has 0 fully saturated rings. The Balaban J connectivity index is 2.13. The van der Waals surface area contributed by atoms with Crippen LogP contribution in [0.5, 0.6) is 0 Å². The lowest BCUT2D eigenvalue weighted by molar-refractivity contribution is 0.0804. The van der Waals surface area contributed by atoms with Gasteiger partial charge in [0.25, 0.3) is 5.91 Å². The predicted molar refractivity (Wildman–Crippen MR) is 67.2 cm³/mol. The van der Waals surface area contributed by atoms with Crippen molar-refractivity contribution in [2.75, 3.05) is 13.2 Å². The Kier molecular flexibility index (Phi) is 3.90. The van der Waals surface area contributed by atoms with Gasteiger partial charge in [0.1, 0.15) is 5.82 Å². The number of benzene rings is 1. The molecule has 1 atom stereocenters. The van der Waals surface area contributed by atoms with Crippen molar-refractivity contribution in [2.24, 2.45) is 0 Å². The van der Waals surface area contributed by atoms with E-state index in [4.69, 9.17) is 10.2 Å². The molecule has 0 aliphatic heterocycles. The van der Waals surface area contributed by atoms with Crippen LogP contribution in [0.15, 0.2) is 24.3 Å². The minimum atomic E-state index is -0.972. The van der Waals surface area contributed by atoms with Crippen LogP contribution in [0.1, 0.15) is 9.67 Å². The van der Waals surface area contributed by atoms with E-state index >= 15 is 0 Å². The van der Waals surface area contributed by atoms with Crippen LogP contribution in [0.25, 0.3) is 10.1 Å². The van der Waals surface area contributed by atoms with Gasteiger partial charge in [-0.1, -0.05) is 6.07 Å². The molecule has 1 unspecified atom stereocenters. The number of nitrogens with one attached hydrogen (secondary N) is 1. The van der Waals surface area contributed by atoms with Crippen LogP contribution in [-0.4, -0.2) is 35.4 Å². The summed E-state index contributed by atoms with van der Waals surface area (Å²) in [4.78, 5) is 12.2. The van der Waals surface area contributed by atoms with Crippen LogP contribution in [0.2, 0.25) is 0 Å². The molecule has 96 valence electrons. The quantitative estimate of drug-likeness (QED) is 0.779. The van der Waals surface area contributed by atoms with Crippen molar-refractivity contribution in [1.82, 2.24) is 5.32 Å². The largest absolute Gasteiger partial charge is 0.394 e. The summed E-state index contributed by atoms with van der Waals surface area (Å²) in [7, 11) is 0. The first-order valence-corrected chi connectivity index (χ1v) is 6.18. The molecular weight excluding hydrogens is 257 g/mol. The molecule has 1 aromatic heterocycles. The molecule has 1 heterocycles. The Morgan fingerprint density at radius 2 is 2.22 bits per heavy atom. The van der Waals surface area contributed by atoms with Crippen molar-refractivity contribution in [3.05, 3.63) is 35.0 Å². The minimum absolute atomic E-state index is 0.0159. The fourth-order valence-electron chi connectivity index (χ4n) is 1.48. The average molecular weight is 269 g/mol. The van der Waals surface area contributed by atoms with Gasteiger partial charge in [0, 0.05) is 11.2 Å². The topological polar surface area (TPSA) is 69.6 Å². The van der Waals surface area contributed by atoms with Crippen LogP contribution in [0.4, 0.5) is 4.39 Å². The summed E-state index contributed by atoms with van der Waals surface area (Å²) in [5, 5.41) is 21.0. The third-order valence-electron chi connectivity index (χ3n) is 2.41. The van der Waals surface area contributed by atoms with Crippen LogP contribution in [0, 0.1) is 5.82 Å². The molecule has 6 heteroatoms. The standard InChI is InChI=1S/C12H12FNO3S/c13-8-2-1-7-3-11(18-10(7)4-8)12(17)14-5-9(16)6-15/h1-4,9,15-16H,5-6H2,(H,14,17). The first kappa shape index (κ1) is 12.9. The van der Waals surface area contributed by atoms with Crippen molar-refractivity contribution in [2.45, 2.75) is 6.10 Å². The number of rotatable bonds is 4. The summed E-state index contributed by atoms with van der Waals surface area (Å²) >= 11 is 1.18. The van der Waals surface area contributed by atoms with E-state index in [1.807, 2.05) is 0 Å². The van der Waals surface area contributed by atoms with E-state index in [-0.39, 0.29) is 18.3 Å². The Morgan fingerprint density at radius 3 is 2.94 bits per heavy atom. The van der Waals surface area contributed by atoms with Gasteiger partial charge in [-0.2, -0.15) is 0 Å². The van der Waals surface area contributed by atoms with Crippen LogP contribution < -0.4 is 5.32 Å². The van der Waals surface area contributed by atoms with Crippen molar-refractivity contribution >= 4 is 27.3 Å². The molecular formula is C12H12FNO3S. The highest BCUT2D eigenvalue weighted by molar-refractivity contribution is 7.20. The Hall–Kier alpha value is -1.50. The number of hydrogen-bond acceptors (Lipinski definition) is 4. The van der Waals surface area contributed by atoms with Crippen molar-refractivity contribution in [3.63, 3.8) is 0 Å². The fraction of sp³-hybridized carbons (Fsp3) is 0.250. The minimum Gasteiger partial charge on any atom is -0.394 e. The maximum atomic E-state index is 13.0. The zero-order chi connectivity index (χ0) is 13.1. The molecule has 2 aromatic rings. The summed E-state index contributed by atoms with van der Waals surface area (Å²) in [5.74, 6) is -0.684. The van der Waals surface area contributed by atoms with E-state index < -0.39 is 12.7 Å². The number of aliphatic hydroxyl groups excluding tert-OH is 2. The number of aliphatic hydroxyl groups is 2. The van der Waals surface area contributed by atoms with Crippen molar-refractivity contribution in [3.8, 4) is 0 Å². The maximum absolute atomic E-state index is 13.0. The molecule has 0 saturated carbocycles. The molecule has 0 spiro atoms.